The van der Waals surface area contributed by atoms with Crippen molar-refractivity contribution in [1.29, 1.82) is 0 Å². The molecule has 0 saturated carbocycles. The van der Waals surface area contributed by atoms with Crippen LogP contribution in [-0.4, -0.2) is 20.8 Å². The van der Waals surface area contributed by atoms with E-state index in [9.17, 15) is 14.9 Å². The van der Waals surface area contributed by atoms with E-state index in [0.29, 0.717) is 6.42 Å². The van der Waals surface area contributed by atoms with Gasteiger partial charge in [0.2, 0.25) is 12.6 Å². The lowest BCUT2D eigenvalue weighted by molar-refractivity contribution is -0.389. The predicted molar refractivity (Wildman–Crippen MR) is 62.4 cm³/mol. The Labute approximate surface area is 99.8 Å². The lowest BCUT2D eigenvalue weighted by Gasteiger charge is -2.08. The molecule has 0 saturated heterocycles. The third-order valence-corrected chi connectivity index (χ3v) is 2.60. The van der Waals surface area contributed by atoms with E-state index in [4.69, 9.17) is 0 Å². The lowest BCUT2D eigenvalue weighted by Crippen LogP contribution is -2.08. The van der Waals surface area contributed by atoms with Crippen LogP contribution >= 0.6 is 0 Å². The number of aromatic nitrogens is 2. The Bertz CT molecular complexity index is 376. The van der Waals surface area contributed by atoms with Gasteiger partial charge in [-0.2, -0.15) is 0 Å². The van der Waals surface area contributed by atoms with Crippen molar-refractivity contribution in [3.8, 4) is 0 Å². The number of nitrogens with zero attached hydrogens (tertiary/aromatic N) is 3. The summed E-state index contributed by atoms with van der Waals surface area (Å²) in [4.78, 5) is 24.3. The first-order valence-electron chi connectivity index (χ1n) is 5.74. The maximum atomic E-state index is 10.8. The highest BCUT2D eigenvalue weighted by Gasteiger charge is 2.16. The molecule has 0 aliphatic heterocycles. The number of hydrogen-bond acceptors (Lipinski definition) is 4. The van der Waals surface area contributed by atoms with Gasteiger partial charge in [-0.05, 0) is 16.3 Å². The van der Waals surface area contributed by atoms with Crippen molar-refractivity contribution in [2.75, 3.05) is 0 Å². The molecule has 0 bridgehead atoms. The zero-order valence-electron chi connectivity index (χ0n) is 9.83. The maximum Gasteiger partial charge on any atom is 0.381 e. The number of carbonyl (C=O) groups excluding carboxylic acids is 1. The summed E-state index contributed by atoms with van der Waals surface area (Å²) in [5.74, 6) is -0.237. The molecule has 6 heteroatoms. The standard InChI is InChI=1S/C11H16N3O3/c1-2-3-4-5-6-10(8-15)13-7-11(12-9-13)14(16)17/h7,9-10H,2-6H2,1H3/t10-/m1/s1. The van der Waals surface area contributed by atoms with Gasteiger partial charge in [0.25, 0.3) is 0 Å². The first-order valence-corrected chi connectivity index (χ1v) is 5.74. The lowest BCUT2D eigenvalue weighted by atomic mass is 10.1. The Morgan fingerprint density at radius 1 is 1.53 bits per heavy atom. The zero-order chi connectivity index (χ0) is 12.7. The van der Waals surface area contributed by atoms with Crippen LogP contribution in [-0.2, 0) is 4.79 Å². The van der Waals surface area contributed by atoms with E-state index in [2.05, 4.69) is 11.9 Å². The van der Waals surface area contributed by atoms with Crippen LogP contribution in [0.5, 0.6) is 0 Å². The summed E-state index contributed by atoms with van der Waals surface area (Å²) < 4.78 is 1.46. The van der Waals surface area contributed by atoms with Gasteiger partial charge in [0.15, 0.2) is 0 Å². The largest absolute Gasteiger partial charge is 0.381 e. The first kappa shape index (κ1) is 13.3. The molecule has 1 atom stereocenters. The van der Waals surface area contributed by atoms with Crippen molar-refractivity contribution >= 4 is 12.1 Å². The van der Waals surface area contributed by atoms with Crippen LogP contribution in [0.2, 0.25) is 0 Å². The molecule has 1 rings (SSSR count). The van der Waals surface area contributed by atoms with Crippen LogP contribution in [0.4, 0.5) is 5.82 Å². The zero-order valence-corrected chi connectivity index (χ0v) is 9.83. The van der Waals surface area contributed by atoms with Crippen molar-refractivity contribution < 1.29 is 9.72 Å². The highest BCUT2D eigenvalue weighted by molar-refractivity contribution is 5.56. The summed E-state index contributed by atoms with van der Waals surface area (Å²) in [6, 6.07) is -0.465. The fourth-order valence-corrected chi connectivity index (χ4v) is 1.62. The van der Waals surface area contributed by atoms with Crippen molar-refractivity contribution in [3.63, 3.8) is 0 Å². The minimum absolute atomic E-state index is 0.237. The highest BCUT2D eigenvalue weighted by atomic mass is 16.6. The van der Waals surface area contributed by atoms with Gasteiger partial charge in [-0.3, -0.25) is 9.36 Å². The molecule has 0 aromatic carbocycles. The van der Waals surface area contributed by atoms with E-state index < -0.39 is 11.0 Å². The quantitative estimate of drug-likeness (QED) is 0.396. The molecule has 6 nitrogen and oxygen atoms in total. The molecule has 17 heavy (non-hydrogen) atoms. The molecule has 0 spiro atoms. The molecule has 0 aliphatic carbocycles. The number of hydrogen-bond donors (Lipinski definition) is 0. The Balaban J connectivity index is 2.53. The molecule has 93 valence electrons. The Morgan fingerprint density at radius 3 is 2.82 bits per heavy atom. The maximum absolute atomic E-state index is 10.8. The van der Waals surface area contributed by atoms with Gasteiger partial charge in [-0.25, -0.2) is 0 Å². The van der Waals surface area contributed by atoms with Crippen LogP contribution in [0.3, 0.4) is 0 Å². The van der Waals surface area contributed by atoms with Crippen molar-refractivity contribution in [3.05, 3.63) is 22.6 Å². The monoisotopic (exact) mass is 238 g/mol. The molecule has 0 N–H and O–H groups in total. The van der Waals surface area contributed by atoms with Gasteiger partial charge < -0.3 is 10.1 Å². The second-order valence-corrected chi connectivity index (χ2v) is 3.92. The Morgan fingerprint density at radius 2 is 2.29 bits per heavy atom. The Hall–Kier alpha value is -1.72. The van der Waals surface area contributed by atoms with Crippen LogP contribution in [0.1, 0.15) is 45.1 Å². The molecule has 1 radical (unpaired) electrons. The SMILES string of the molecule is CCCCCC[C@H]([C]=O)n1cnc([N+](=O)[O-])c1. The highest BCUT2D eigenvalue weighted by Crippen LogP contribution is 2.17. The number of unbranched alkanes of at least 4 members (excludes halogenated alkanes) is 3. The molecule has 1 heterocycles. The first-order chi connectivity index (χ1) is 8.19. The summed E-state index contributed by atoms with van der Waals surface area (Å²) in [6.45, 7) is 2.11. The summed E-state index contributed by atoms with van der Waals surface area (Å²) in [6.07, 6.45) is 9.38. The van der Waals surface area contributed by atoms with E-state index in [1.54, 1.807) is 0 Å². The van der Waals surface area contributed by atoms with E-state index >= 15 is 0 Å². The summed E-state index contributed by atoms with van der Waals surface area (Å²) in [5, 5.41) is 10.5. The van der Waals surface area contributed by atoms with Crippen LogP contribution in [0.25, 0.3) is 0 Å². The predicted octanol–water partition coefficient (Wildman–Crippen LogP) is 2.41. The molecule has 0 amide bonds. The number of nitro groups is 1. The summed E-state index contributed by atoms with van der Waals surface area (Å²) in [7, 11) is 0. The van der Waals surface area contributed by atoms with Crippen molar-refractivity contribution in [2.45, 2.75) is 45.1 Å². The molecule has 0 unspecified atom stereocenters. The van der Waals surface area contributed by atoms with Crippen molar-refractivity contribution in [2.24, 2.45) is 0 Å². The minimum atomic E-state index is -0.574. The van der Waals surface area contributed by atoms with Gasteiger partial charge >= 0.3 is 5.82 Å². The fraction of sp³-hybridized carbons (Fsp3) is 0.636. The third-order valence-electron chi connectivity index (χ3n) is 2.60. The molecular formula is C11H16N3O3. The van der Waals surface area contributed by atoms with E-state index in [0.717, 1.165) is 25.7 Å². The fourth-order valence-electron chi connectivity index (χ4n) is 1.62. The molecule has 0 fully saturated rings. The van der Waals surface area contributed by atoms with E-state index in [-0.39, 0.29) is 5.82 Å². The Kier molecular flexibility index (Phi) is 5.32. The van der Waals surface area contributed by atoms with Gasteiger partial charge in [-0.1, -0.05) is 32.6 Å². The third kappa shape index (κ3) is 3.97. The van der Waals surface area contributed by atoms with Gasteiger partial charge in [0.1, 0.15) is 12.2 Å². The summed E-state index contributed by atoms with van der Waals surface area (Å²) >= 11 is 0. The van der Waals surface area contributed by atoms with Crippen LogP contribution < -0.4 is 0 Å². The molecule has 1 aromatic heterocycles. The van der Waals surface area contributed by atoms with Gasteiger partial charge in [-0.15, -0.1) is 0 Å². The summed E-state index contributed by atoms with van der Waals surface area (Å²) in [5.41, 5.74) is 0. The average molecular weight is 238 g/mol. The molecule has 1 aromatic rings. The minimum Gasteiger partial charge on any atom is -0.358 e. The average Bonchev–Trinajstić information content (AvgIpc) is 2.79. The molecule has 0 aliphatic rings. The smallest absolute Gasteiger partial charge is 0.358 e. The van der Waals surface area contributed by atoms with Crippen LogP contribution in [0, 0.1) is 10.1 Å². The van der Waals surface area contributed by atoms with E-state index in [1.807, 2.05) is 6.29 Å². The van der Waals surface area contributed by atoms with Crippen molar-refractivity contribution in [1.82, 2.24) is 9.55 Å². The second-order valence-electron chi connectivity index (χ2n) is 3.92. The van der Waals surface area contributed by atoms with Gasteiger partial charge in [0.05, 0.1) is 0 Å². The number of rotatable bonds is 8. The van der Waals surface area contributed by atoms with E-state index in [1.165, 1.54) is 17.1 Å². The second kappa shape index (κ2) is 6.78. The normalized spacial score (nSPS) is 12.3. The number of imidazole rings is 1. The molecular weight excluding hydrogens is 222 g/mol. The van der Waals surface area contributed by atoms with Gasteiger partial charge in [0, 0.05) is 0 Å². The van der Waals surface area contributed by atoms with Crippen LogP contribution in [0.15, 0.2) is 12.5 Å². The topological polar surface area (TPSA) is 78.0 Å².